The van der Waals surface area contributed by atoms with E-state index in [1.54, 1.807) is 18.3 Å². The Hall–Kier alpha value is -1.98. The van der Waals surface area contributed by atoms with Crippen LogP contribution in [-0.4, -0.2) is 18.3 Å². The third-order valence-corrected chi connectivity index (χ3v) is 10.9. The van der Waals surface area contributed by atoms with E-state index in [0.29, 0.717) is 29.1 Å². The smallest absolute Gasteiger partial charge is 0.118 e. The fourth-order valence-electron chi connectivity index (χ4n) is 8.78. The van der Waals surface area contributed by atoms with Crippen LogP contribution in [0.1, 0.15) is 85.1 Å². The zero-order chi connectivity index (χ0) is 25.0. The number of benzene rings is 1. The molecular formula is C33H44O2. The largest absolute Gasteiger partial charge is 0.497 e. The molecule has 0 saturated heterocycles. The van der Waals surface area contributed by atoms with Crippen molar-refractivity contribution in [2.75, 3.05) is 7.11 Å². The molecule has 0 radical (unpaired) electrons. The van der Waals surface area contributed by atoms with Gasteiger partial charge in [0.1, 0.15) is 5.75 Å². The van der Waals surface area contributed by atoms with Gasteiger partial charge in [-0.3, -0.25) is 0 Å². The molecule has 188 valence electrons. The lowest BCUT2D eigenvalue weighted by Crippen LogP contribution is -2.54. The Bertz CT molecular complexity index is 1080. The van der Waals surface area contributed by atoms with Gasteiger partial charge < -0.3 is 9.84 Å². The first-order valence-corrected chi connectivity index (χ1v) is 13.8. The van der Waals surface area contributed by atoms with E-state index in [0.717, 1.165) is 30.6 Å². The molecule has 0 heterocycles. The van der Waals surface area contributed by atoms with E-state index >= 15 is 0 Å². The average Bonchev–Trinajstić information content (AvgIpc) is 3.19. The van der Waals surface area contributed by atoms with Gasteiger partial charge in [-0.2, -0.15) is 0 Å². The molecule has 0 unspecified atom stereocenters. The Balaban J connectivity index is 1.37. The van der Waals surface area contributed by atoms with Crippen LogP contribution in [0.25, 0.3) is 0 Å². The Kier molecular flexibility index (Phi) is 6.24. The number of hydrogen-bond acceptors (Lipinski definition) is 2. The maximum atomic E-state index is 10.8. The Morgan fingerprint density at radius 3 is 2.51 bits per heavy atom. The number of rotatable bonds is 3. The van der Waals surface area contributed by atoms with Crippen molar-refractivity contribution in [3.8, 4) is 17.6 Å². The topological polar surface area (TPSA) is 29.5 Å². The summed E-state index contributed by atoms with van der Waals surface area (Å²) in [6, 6.07) is 8.07. The molecule has 0 bridgehead atoms. The highest BCUT2D eigenvalue weighted by Gasteiger charge is 2.58. The van der Waals surface area contributed by atoms with Crippen molar-refractivity contribution in [3.63, 3.8) is 0 Å². The first-order chi connectivity index (χ1) is 16.6. The summed E-state index contributed by atoms with van der Waals surface area (Å²) in [5.41, 5.74) is 5.03. The van der Waals surface area contributed by atoms with Crippen LogP contribution in [-0.2, 0) is 0 Å². The molecule has 2 fully saturated rings. The van der Waals surface area contributed by atoms with E-state index in [1.807, 2.05) is 24.3 Å². The number of allylic oxidation sites excluding steroid dienone is 4. The molecule has 4 aliphatic carbocycles. The molecule has 0 aliphatic heterocycles. The van der Waals surface area contributed by atoms with Crippen molar-refractivity contribution in [3.05, 3.63) is 53.1 Å². The van der Waals surface area contributed by atoms with Gasteiger partial charge in [0, 0.05) is 12.0 Å². The first kappa shape index (κ1) is 24.7. The number of aliphatic hydroxyl groups excluding tert-OH is 1. The van der Waals surface area contributed by atoms with Gasteiger partial charge in [-0.1, -0.05) is 64.2 Å². The molecule has 5 rings (SSSR count). The van der Waals surface area contributed by atoms with Crippen LogP contribution in [0, 0.1) is 51.8 Å². The lowest BCUT2D eigenvalue weighted by molar-refractivity contribution is -0.0976. The van der Waals surface area contributed by atoms with Crippen LogP contribution in [0.2, 0.25) is 0 Å². The van der Waals surface area contributed by atoms with E-state index in [9.17, 15) is 5.11 Å². The van der Waals surface area contributed by atoms with Crippen LogP contribution in [0.15, 0.2) is 47.6 Å². The van der Waals surface area contributed by atoms with Crippen molar-refractivity contribution < 1.29 is 9.84 Å². The molecule has 4 aliphatic rings. The van der Waals surface area contributed by atoms with Gasteiger partial charge in [-0.15, -0.1) is 0 Å². The summed E-state index contributed by atoms with van der Waals surface area (Å²) in [5, 5.41) is 10.8. The van der Waals surface area contributed by atoms with Crippen molar-refractivity contribution >= 4 is 0 Å². The standard InChI is InChI=1S/C33H44O2/c1-22(8-7-9-23-10-12-24(35-6)13-11-23)26-15-16-27-25-14-17-29-31(2,3)30(34)19-21-33(29,5)28(25)18-20-32(26,27)4/h10-14,17,22,26,28-30,34H,8,15-16,18-21H2,1-6H3/t22-,26-,28+,29+,30+,32-,33-/m1/s1. The summed E-state index contributed by atoms with van der Waals surface area (Å²) in [5.74, 6) is 10.2. The second-order valence-electron chi connectivity index (χ2n) is 13.0. The molecule has 2 saturated carbocycles. The summed E-state index contributed by atoms with van der Waals surface area (Å²) >= 11 is 0. The van der Waals surface area contributed by atoms with Crippen molar-refractivity contribution in [2.24, 2.45) is 39.9 Å². The van der Waals surface area contributed by atoms with Crippen molar-refractivity contribution in [2.45, 2.75) is 85.7 Å². The van der Waals surface area contributed by atoms with Gasteiger partial charge in [0.15, 0.2) is 0 Å². The van der Waals surface area contributed by atoms with Crippen LogP contribution >= 0.6 is 0 Å². The normalized spacial score (nSPS) is 38.0. The molecule has 7 atom stereocenters. The van der Waals surface area contributed by atoms with E-state index in [-0.39, 0.29) is 16.9 Å². The quantitative estimate of drug-likeness (QED) is 0.460. The van der Waals surface area contributed by atoms with Gasteiger partial charge >= 0.3 is 0 Å². The van der Waals surface area contributed by atoms with Crippen molar-refractivity contribution in [1.82, 2.24) is 0 Å². The monoisotopic (exact) mass is 472 g/mol. The van der Waals surface area contributed by atoms with Gasteiger partial charge in [0.25, 0.3) is 0 Å². The lowest BCUT2D eigenvalue weighted by atomic mass is 9.46. The Labute approximate surface area is 213 Å². The van der Waals surface area contributed by atoms with Gasteiger partial charge in [-0.25, -0.2) is 0 Å². The number of ether oxygens (including phenoxy) is 1. The molecule has 0 aromatic heterocycles. The molecule has 0 spiro atoms. The van der Waals surface area contributed by atoms with E-state index in [4.69, 9.17) is 4.74 Å². The fourth-order valence-corrected chi connectivity index (χ4v) is 8.78. The van der Waals surface area contributed by atoms with Crippen LogP contribution in [0.5, 0.6) is 5.75 Å². The highest BCUT2D eigenvalue weighted by molar-refractivity contribution is 5.43. The number of hydrogen-bond donors (Lipinski definition) is 1. The van der Waals surface area contributed by atoms with Gasteiger partial charge in [-0.05, 0) is 108 Å². The molecule has 2 heteroatoms. The Morgan fingerprint density at radius 1 is 1.06 bits per heavy atom. The number of fused-ring (bicyclic) bond motifs is 4. The van der Waals surface area contributed by atoms with E-state index in [2.05, 4.69) is 58.6 Å². The summed E-state index contributed by atoms with van der Waals surface area (Å²) in [4.78, 5) is 0. The van der Waals surface area contributed by atoms with Crippen LogP contribution in [0.4, 0.5) is 0 Å². The summed E-state index contributed by atoms with van der Waals surface area (Å²) in [7, 11) is 1.70. The van der Waals surface area contributed by atoms with Crippen LogP contribution < -0.4 is 4.74 Å². The molecular weight excluding hydrogens is 428 g/mol. The highest BCUT2D eigenvalue weighted by atomic mass is 16.5. The summed E-state index contributed by atoms with van der Waals surface area (Å²) in [6.45, 7) is 12.1. The minimum Gasteiger partial charge on any atom is -0.497 e. The Morgan fingerprint density at radius 2 is 1.80 bits per heavy atom. The predicted octanol–water partition coefficient (Wildman–Crippen LogP) is 7.57. The lowest BCUT2D eigenvalue weighted by Gasteiger charge is -2.59. The third kappa shape index (κ3) is 3.90. The molecule has 1 aromatic rings. The fraction of sp³-hybridized carbons (Fsp3) is 0.636. The zero-order valence-electron chi connectivity index (χ0n) is 22.7. The number of aliphatic hydroxyl groups is 1. The second-order valence-corrected chi connectivity index (χ2v) is 13.0. The minimum absolute atomic E-state index is 0.0459. The molecule has 1 N–H and O–H groups in total. The second kappa shape index (κ2) is 8.85. The minimum atomic E-state index is -0.191. The molecule has 2 nitrogen and oxygen atoms in total. The zero-order valence-corrected chi connectivity index (χ0v) is 22.7. The van der Waals surface area contributed by atoms with Crippen LogP contribution in [0.3, 0.4) is 0 Å². The first-order valence-electron chi connectivity index (χ1n) is 13.8. The summed E-state index contributed by atoms with van der Waals surface area (Å²) < 4.78 is 5.26. The summed E-state index contributed by atoms with van der Waals surface area (Å²) in [6.07, 6.45) is 13.0. The molecule has 35 heavy (non-hydrogen) atoms. The van der Waals surface area contributed by atoms with Crippen molar-refractivity contribution in [1.29, 1.82) is 0 Å². The van der Waals surface area contributed by atoms with Gasteiger partial charge in [0.2, 0.25) is 0 Å². The SMILES string of the molecule is COc1ccc(C#CC[C@@H](C)[C@H]2CCC3=C4C=C[C@H]5C(C)(C)[C@@H](O)CC[C@]5(C)[C@H]4CC[C@@]32C)cc1. The highest BCUT2D eigenvalue weighted by Crippen LogP contribution is 2.66. The molecule has 1 aromatic carbocycles. The maximum absolute atomic E-state index is 10.8. The average molecular weight is 473 g/mol. The molecule has 0 amide bonds. The number of methoxy groups -OCH3 is 1. The predicted molar refractivity (Wildman–Crippen MR) is 144 cm³/mol. The van der Waals surface area contributed by atoms with E-state index < -0.39 is 0 Å². The van der Waals surface area contributed by atoms with E-state index in [1.165, 1.54) is 25.7 Å². The van der Waals surface area contributed by atoms with Gasteiger partial charge in [0.05, 0.1) is 13.2 Å². The maximum Gasteiger partial charge on any atom is 0.118 e. The third-order valence-electron chi connectivity index (χ3n) is 10.9.